The zero-order valence-corrected chi connectivity index (χ0v) is 23.4. The fraction of sp³-hybridized carbons (Fsp3) is 0.321. The molecule has 12 heteroatoms. The number of piperidine rings is 1. The van der Waals surface area contributed by atoms with E-state index >= 15 is 0 Å². The first kappa shape index (κ1) is 26.2. The third-order valence-electron chi connectivity index (χ3n) is 7.77. The van der Waals surface area contributed by atoms with E-state index in [-0.39, 0.29) is 42.5 Å². The lowest BCUT2D eigenvalue weighted by molar-refractivity contribution is -0.138. The number of anilines is 1. The van der Waals surface area contributed by atoms with Crippen LogP contribution in [-0.4, -0.2) is 71.0 Å². The zero-order valence-electron chi connectivity index (χ0n) is 21.8. The maximum Gasteiger partial charge on any atom is 0.248 e. The maximum absolute atomic E-state index is 13.8. The van der Waals surface area contributed by atoms with Gasteiger partial charge in [-0.15, -0.1) is 0 Å². The highest BCUT2D eigenvalue weighted by Gasteiger charge is 2.66. The maximum atomic E-state index is 13.8. The molecule has 1 saturated carbocycles. The van der Waals surface area contributed by atoms with Crippen LogP contribution in [0.5, 0.6) is 0 Å². The van der Waals surface area contributed by atoms with E-state index in [2.05, 4.69) is 41.3 Å². The number of hydrogen-bond acceptors (Lipinski definition) is 8. The summed E-state index contributed by atoms with van der Waals surface area (Å²) in [6.07, 6.45) is 4.43. The van der Waals surface area contributed by atoms with Gasteiger partial charge in [-0.2, -0.15) is 5.10 Å². The lowest BCUT2D eigenvalue weighted by Crippen LogP contribution is -2.46. The minimum absolute atomic E-state index is 0.106. The van der Waals surface area contributed by atoms with Crippen molar-refractivity contribution in [3.8, 4) is 11.1 Å². The van der Waals surface area contributed by atoms with E-state index in [9.17, 15) is 19.5 Å². The Bertz CT molecular complexity index is 1670. The number of Topliss-reactive ketones (excluding diaryl/α,β-unsaturated/α-hetero) is 1. The van der Waals surface area contributed by atoms with Crippen molar-refractivity contribution in [2.45, 2.75) is 45.3 Å². The predicted molar refractivity (Wildman–Crippen MR) is 149 cm³/mol. The summed E-state index contributed by atoms with van der Waals surface area (Å²) in [5, 5.41) is 18.0. The first-order valence-electron chi connectivity index (χ1n) is 12.8. The van der Waals surface area contributed by atoms with E-state index in [1.54, 1.807) is 42.4 Å². The van der Waals surface area contributed by atoms with Crippen molar-refractivity contribution in [2.24, 2.45) is 5.41 Å². The second kappa shape index (κ2) is 9.86. The molecule has 0 radical (unpaired) electrons. The van der Waals surface area contributed by atoms with E-state index in [0.717, 1.165) is 11.1 Å². The molecule has 0 spiro atoms. The van der Waals surface area contributed by atoms with E-state index in [1.165, 1.54) is 11.6 Å². The molecule has 2 fully saturated rings. The van der Waals surface area contributed by atoms with Crippen LogP contribution < -0.4 is 5.32 Å². The summed E-state index contributed by atoms with van der Waals surface area (Å²) in [5.74, 6) is 0.122. The third-order valence-corrected chi connectivity index (χ3v) is 8.21. The number of amides is 2. The van der Waals surface area contributed by atoms with Crippen LogP contribution >= 0.6 is 15.9 Å². The number of fused-ring (bicyclic) bond motifs is 2. The van der Waals surface area contributed by atoms with E-state index in [1.807, 2.05) is 18.2 Å². The number of aromatic nitrogens is 5. The molecule has 11 nitrogen and oxygen atoms in total. The smallest absolute Gasteiger partial charge is 0.248 e. The van der Waals surface area contributed by atoms with Crippen LogP contribution in [0.15, 0.2) is 53.4 Å². The zero-order chi connectivity index (χ0) is 28.2. The van der Waals surface area contributed by atoms with Crippen LogP contribution in [0.1, 0.15) is 36.1 Å². The van der Waals surface area contributed by atoms with Gasteiger partial charge in [0.2, 0.25) is 11.8 Å². The number of aliphatic hydroxyl groups is 1. The van der Waals surface area contributed by atoms with Crippen molar-refractivity contribution in [1.82, 2.24) is 29.6 Å². The molecule has 4 heterocycles. The molecule has 204 valence electrons. The molecule has 1 aliphatic carbocycles. The Morgan fingerprint density at radius 1 is 1.12 bits per heavy atom. The number of pyridine rings is 1. The van der Waals surface area contributed by atoms with Crippen LogP contribution in [-0.2, 0) is 16.1 Å². The molecule has 1 saturated heterocycles. The second-order valence-corrected chi connectivity index (χ2v) is 11.2. The monoisotopic (exact) mass is 603 g/mol. The van der Waals surface area contributed by atoms with Crippen LogP contribution in [0.4, 0.5) is 5.82 Å². The molecule has 3 aromatic heterocycles. The lowest BCUT2D eigenvalue weighted by Gasteiger charge is -2.26. The molecular formula is C28H26BrN7O4. The largest absolute Gasteiger partial charge is 0.396 e. The summed E-state index contributed by atoms with van der Waals surface area (Å²) in [5.41, 5.74) is 2.02. The minimum Gasteiger partial charge on any atom is -0.396 e. The number of likely N-dealkylation sites (tertiary alicyclic amines) is 1. The standard InChI is InChI=1S/C28H26BrN7O4/c1-15(38)26-19-8-17(18-11-30-16(2)31-12-18)6-7-20(19)35(34-26)13-25(39)36-21(9-28(14-37)10-22(28)36)27(40)33-24-5-3-4-23(29)32-24/h3-8,11-12,21-22,37H,9-10,13-14H2,1-2H3,(H,32,33,40)/t21-,22-,28?/m0/s1. The van der Waals surface area contributed by atoms with Crippen molar-refractivity contribution >= 4 is 50.2 Å². The van der Waals surface area contributed by atoms with Crippen LogP contribution in [0.2, 0.25) is 0 Å². The van der Waals surface area contributed by atoms with Crippen LogP contribution in [0.25, 0.3) is 22.0 Å². The summed E-state index contributed by atoms with van der Waals surface area (Å²) >= 11 is 3.30. The van der Waals surface area contributed by atoms with Crippen molar-refractivity contribution in [3.63, 3.8) is 0 Å². The summed E-state index contributed by atoms with van der Waals surface area (Å²) in [6.45, 7) is 2.98. The van der Waals surface area contributed by atoms with Crippen molar-refractivity contribution in [2.75, 3.05) is 11.9 Å². The summed E-state index contributed by atoms with van der Waals surface area (Å²) < 4.78 is 2.08. The lowest BCUT2D eigenvalue weighted by atomic mass is 10.0. The van der Waals surface area contributed by atoms with Crippen LogP contribution in [0.3, 0.4) is 0 Å². The molecule has 0 bridgehead atoms. The Morgan fingerprint density at radius 3 is 2.60 bits per heavy atom. The number of carbonyl (C=O) groups is 3. The molecule has 2 N–H and O–H groups in total. The number of aryl methyl sites for hydroxylation is 1. The van der Waals surface area contributed by atoms with Gasteiger partial charge in [0, 0.05) is 41.7 Å². The number of halogens is 1. The van der Waals surface area contributed by atoms with Gasteiger partial charge in [-0.3, -0.25) is 19.1 Å². The van der Waals surface area contributed by atoms with E-state index in [4.69, 9.17) is 0 Å². The number of nitrogens with zero attached hydrogens (tertiary/aromatic N) is 6. The number of aliphatic hydroxyl groups excluding tert-OH is 1. The number of carbonyl (C=O) groups excluding carboxylic acids is 3. The van der Waals surface area contributed by atoms with Crippen molar-refractivity contribution in [3.05, 3.63) is 64.9 Å². The normalized spacial score (nSPS) is 21.4. The summed E-state index contributed by atoms with van der Waals surface area (Å²) in [4.78, 5) is 53.9. The average Bonchev–Trinajstić information content (AvgIpc) is 3.36. The van der Waals surface area contributed by atoms with E-state index < -0.39 is 11.5 Å². The van der Waals surface area contributed by atoms with Gasteiger partial charge in [-0.1, -0.05) is 12.1 Å². The molecule has 1 aromatic carbocycles. The SMILES string of the molecule is CC(=O)c1nn(CC(=O)N2[C@H]3CC3(CO)C[C@H]2C(=O)Nc2cccc(Br)n2)c2ccc(-c3cnc(C)nc3)cc12. The summed E-state index contributed by atoms with van der Waals surface area (Å²) in [7, 11) is 0. The van der Waals surface area contributed by atoms with Crippen LogP contribution in [0, 0.1) is 12.3 Å². The number of ketones is 1. The average molecular weight is 604 g/mol. The van der Waals surface area contributed by atoms with Gasteiger partial charge >= 0.3 is 0 Å². The first-order chi connectivity index (χ1) is 19.2. The minimum atomic E-state index is -0.763. The van der Waals surface area contributed by atoms with Crippen molar-refractivity contribution < 1.29 is 19.5 Å². The van der Waals surface area contributed by atoms with Gasteiger partial charge in [0.1, 0.15) is 34.5 Å². The fourth-order valence-electron chi connectivity index (χ4n) is 5.62. The highest BCUT2D eigenvalue weighted by molar-refractivity contribution is 9.10. The first-order valence-corrected chi connectivity index (χ1v) is 13.6. The molecule has 6 rings (SSSR count). The topological polar surface area (TPSA) is 143 Å². The number of benzene rings is 1. The molecule has 3 atom stereocenters. The molecule has 1 aliphatic heterocycles. The highest BCUT2D eigenvalue weighted by atomic mass is 79.9. The van der Waals surface area contributed by atoms with Gasteiger partial charge < -0.3 is 15.3 Å². The Labute approximate surface area is 237 Å². The fourth-order valence-corrected chi connectivity index (χ4v) is 5.96. The Hall–Kier alpha value is -4.03. The Balaban J connectivity index is 1.30. The van der Waals surface area contributed by atoms with Crippen molar-refractivity contribution in [1.29, 1.82) is 0 Å². The molecular weight excluding hydrogens is 578 g/mol. The number of nitrogens with one attached hydrogen (secondary N) is 1. The predicted octanol–water partition coefficient (Wildman–Crippen LogP) is 3.15. The second-order valence-electron chi connectivity index (χ2n) is 10.4. The molecule has 2 amide bonds. The van der Waals surface area contributed by atoms with Gasteiger partial charge in [0.15, 0.2) is 5.78 Å². The van der Waals surface area contributed by atoms with Gasteiger partial charge in [-0.25, -0.2) is 15.0 Å². The molecule has 4 aromatic rings. The Kier molecular flexibility index (Phi) is 6.46. The molecule has 40 heavy (non-hydrogen) atoms. The molecule has 1 unspecified atom stereocenters. The Morgan fingerprint density at radius 2 is 1.90 bits per heavy atom. The third kappa shape index (κ3) is 4.56. The molecule has 2 aliphatic rings. The highest BCUT2D eigenvalue weighted by Crippen LogP contribution is 2.59. The van der Waals surface area contributed by atoms with Gasteiger partial charge in [-0.05, 0) is 65.5 Å². The quantitative estimate of drug-likeness (QED) is 0.242. The number of hydrogen-bond donors (Lipinski definition) is 2. The van der Waals surface area contributed by atoms with Gasteiger partial charge in [0.05, 0.1) is 12.1 Å². The summed E-state index contributed by atoms with van der Waals surface area (Å²) in [6, 6.07) is 9.71. The van der Waals surface area contributed by atoms with Gasteiger partial charge in [0.25, 0.3) is 0 Å². The number of rotatable bonds is 7. The van der Waals surface area contributed by atoms with E-state index in [0.29, 0.717) is 40.0 Å².